The summed E-state index contributed by atoms with van der Waals surface area (Å²) in [5.41, 5.74) is 6.55. The maximum Gasteiger partial charge on any atom is 1.00 e. The Kier molecular flexibility index (Phi) is 60.0. The van der Waals surface area contributed by atoms with Crippen molar-refractivity contribution in [1.29, 1.82) is 0 Å². The quantitative estimate of drug-likeness (QED) is 0.0460. The first-order valence-electron chi connectivity index (χ1n) is 48.5. The van der Waals surface area contributed by atoms with Crippen molar-refractivity contribution in [2.45, 2.75) is 51.4 Å². The number of nitrogens with one attached hydrogen (secondary N) is 2. The number of rotatable bonds is 24. The molecule has 144 heavy (non-hydrogen) atoms. The largest absolute Gasteiger partial charge is 1.00 e. The summed E-state index contributed by atoms with van der Waals surface area (Å²) in [6, 6.07) is 189. The standard InChI is InChI=1S/6C18H16NP.4C4H8O.Li.2Pd.Y/c6*1-4-10-16(11-5-1)19-20(17-12-6-2-7-13-17)18-14-8-3-9-15-18;4*1-2-4-5-3-1;;;;/h4*1-15,20H;2*1-15,19H;4*1-4H2;;;;/q;;;;;;;;;;+1;;;/p+2. The molecule has 20 heteroatoms. The third-order valence-electron chi connectivity index (χ3n) is 22.0. The molecule has 18 aromatic carbocycles. The first-order chi connectivity index (χ1) is 69.6. The van der Waals surface area contributed by atoms with Crippen LogP contribution >= 0.6 is 48.4 Å². The predicted octanol–water partition coefficient (Wildman–Crippen LogP) is 25.8. The van der Waals surface area contributed by atoms with Gasteiger partial charge in [0.15, 0.2) is 16.1 Å². The Balaban J connectivity index is 0.000000184. The van der Waals surface area contributed by atoms with Gasteiger partial charge in [0.25, 0.3) is 0 Å². The van der Waals surface area contributed by atoms with Crippen molar-refractivity contribution in [3.63, 3.8) is 0 Å². The van der Waals surface area contributed by atoms with Gasteiger partial charge < -0.3 is 39.3 Å². The second-order valence-electron chi connectivity index (χ2n) is 32.6. The van der Waals surface area contributed by atoms with Crippen LogP contribution in [0.15, 0.2) is 546 Å². The van der Waals surface area contributed by atoms with Crippen molar-refractivity contribution in [1.82, 2.24) is 0 Å². The van der Waals surface area contributed by atoms with E-state index in [9.17, 15) is 0 Å². The molecule has 4 saturated heterocycles. The van der Waals surface area contributed by atoms with Crippen LogP contribution in [0.3, 0.4) is 0 Å². The van der Waals surface area contributed by atoms with Crippen LogP contribution in [-0.2, 0) is 92.5 Å². The van der Waals surface area contributed by atoms with Gasteiger partial charge in [-0.15, -0.1) is 22.7 Å². The van der Waals surface area contributed by atoms with Gasteiger partial charge in [-0.2, -0.15) is 0 Å². The van der Waals surface area contributed by atoms with Crippen molar-refractivity contribution < 1.29 is 111 Å². The molecule has 0 spiro atoms. The van der Waals surface area contributed by atoms with Gasteiger partial charge in [0.05, 0.1) is 53.8 Å². The minimum Gasteiger partial charge on any atom is -0.516 e. The van der Waals surface area contributed by atoms with E-state index >= 15 is 0 Å². The first-order valence-corrected chi connectivity index (χ1v) is 57.3. The Morgan fingerprint density at radius 3 is 0.382 bits per heavy atom. The van der Waals surface area contributed by atoms with Crippen molar-refractivity contribution in [2.75, 3.05) is 63.0 Å². The van der Waals surface area contributed by atoms with Gasteiger partial charge >= 0.3 is 18.9 Å². The molecule has 0 atom stereocenters. The smallest absolute Gasteiger partial charge is 0.516 e. The zero-order chi connectivity index (χ0) is 95.9. The molecule has 0 aromatic heterocycles. The fourth-order valence-electron chi connectivity index (χ4n) is 14.9. The molecule has 4 fully saturated rings. The van der Waals surface area contributed by atoms with Gasteiger partial charge in [-0.3, -0.25) is 10.2 Å². The molecule has 0 unspecified atom stereocenters. The number of hydrogen-bond acceptors (Lipinski definition) is 6. The van der Waals surface area contributed by atoms with Gasteiger partial charge in [-0.05, 0) is 221 Å². The number of ether oxygens (including phenoxy) is 4. The molecule has 731 valence electrons. The summed E-state index contributed by atoms with van der Waals surface area (Å²) >= 11 is 0. The molecular formula is C124H130LiN6O4P6Pd2Y+3. The van der Waals surface area contributed by atoms with E-state index in [2.05, 4.69) is 471 Å². The van der Waals surface area contributed by atoms with E-state index in [4.69, 9.17) is 39.3 Å². The Labute approximate surface area is 929 Å². The number of benzene rings is 18. The molecule has 0 saturated carbocycles. The molecule has 0 aliphatic carbocycles. The molecule has 0 bridgehead atoms. The van der Waals surface area contributed by atoms with Crippen molar-refractivity contribution >= 4 is 146 Å². The second-order valence-corrected chi connectivity index (χ2v) is 45.2. The second kappa shape index (κ2) is 73.3. The molecule has 4 heterocycles. The zero-order valence-corrected chi connectivity index (χ0v) is 93.9. The molecule has 2 N–H and O–H groups in total. The monoisotopic (exact) mass is 2260 g/mol. The van der Waals surface area contributed by atoms with Gasteiger partial charge in [0, 0.05) is 159 Å². The topological polar surface area (TPSA) is 117 Å². The van der Waals surface area contributed by atoms with Crippen LogP contribution in [0.5, 0.6) is 0 Å². The summed E-state index contributed by atoms with van der Waals surface area (Å²) < 4.78 is 19.8. The summed E-state index contributed by atoms with van der Waals surface area (Å²) in [5, 5.41) is 43.4. The number of nitrogens with zero attached hydrogens (tertiary/aromatic N) is 4. The Bertz CT molecular complexity index is 4900. The molecule has 18 aromatic rings. The van der Waals surface area contributed by atoms with Crippen LogP contribution < -0.4 is 92.7 Å². The number of para-hydroxylation sites is 6. The van der Waals surface area contributed by atoms with Crippen LogP contribution in [0, 0.1) is 0 Å². The fourth-order valence-corrected chi connectivity index (χ4v) is 27.2. The Hall–Kier alpha value is -9.79. The predicted molar refractivity (Wildman–Crippen MR) is 621 cm³/mol. The van der Waals surface area contributed by atoms with Gasteiger partial charge in [0.2, 0.25) is 0 Å². The molecule has 0 amide bonds. The third-order valence-corrected chi connectivity index (χ3v) is 35.7. The fraction of sp³-hybridized carbons (Fsp3) is 0.129. The van der Waals surface area contributed by atoms with E-state index in [1.165, 1.54) is 126 Å². The molecule has 4 aliphatic heterocycles. The summed E-state index contributed by atoms with van der Waals surface area (Å²) in [5.74, 6) is 0. The maximum absolute atomic E-state index is 5.00. The van der Waals surface area contributed by atoms with E-state index < -0.39 is 48.4 Å². The van der Waals surface area contributed by atoms with E-state index in [-0.39, 0.29) is 92.4 Å². The summed E-state index contributed by atoms with van der Waals surface area (Å²) in [7, 11) is -6.51. The Morgan fingerprint density at radius 1 is 0.153 bits per heavy atom. The average molecular weight is 2260 g/mol. The van der Waals surface area contributed by atoms with Gasteiger partial charge in [-0.25, -0.2) is 0 Å². The van der Waals surface area contributed by atoms with Gasteiger partial charge in [-0.1, -0.05) is 376 Å². The van der Waals surface area contributed by atoms with Gasteiger partial charge in [0.1, 0.15) is 21.2 Å². The molecule has 1 radical (unpaired) electrons. The minimum atomic E-state index is -1.13. The van der Waals surface area contributed by atoms with E-state index in [0.29, 0.717) is 0 Å². The minimum absolute atomic E-state index is 0. The van der Waals surface area contributed by atoms with Crippen LogP contribution in [0.1, 0.15) is 51.4 Å². The van der Waals surface area contributed by atoms with Crippen LogP contribution in [0.4, 0.5) is 34.1 Å². The van der Waals surface area contributed by atoms with Crippen molar-refractivity contribution in [3.05, 3.63) is 566 Å². The van der Waals surface area contributed by atoms with Crippen molar-refractivity contribution in [3.8, 4) is 0 Å². The zero-order valence-electron chi connectivity index (χ0n) is 81.9. The SMILES string of the molecule is C1CCOC1.C1CCOC1.C1CCOC1.C1CCOC1.[Li+].[Pd].[Pd].[Y].c1ccc(N[PH+](c2ccccc2)c2ccccc2)cc1.c1ccc(N[PH+](c2ccccc2)c2ccccc2)cc1.c1ccc([N-][PH+](c2ccccc2)c2ccccc2)cc1.c1ccc([N-][PH+](c2ccccc2)c2ccccc2)cc1.c1ccc([N-][PH+](c2ccccc2)c2ccccc2)cc1.c1ccc([N-][PH+](c2ccccc2)c2ccccc2)cc1. The molecule has 22 rings (SSSR count). The van der Waals surface area contributed by atoms with Crippen molar-refractivity contribution in [2.24, 2.45) is 0 Å². The van der Waals surface area contributed by atoms with E-state index in [1.54, 1.807) is 0 Å². The third kappa shape index (κ3) is 44.5. The Morgan fingerprint density at radius 2 is 0.264 bits per heavy atom. The summed E-state index contributed by atoms with van der Waals surface area (Å²) in [6.07, 6.45) is 10.2. The number of anilines is 2. The molecular weight excluding hydrogens is 2130 g/mol. The van der Waals surface area contributed by atoms with Crippen LogP contribution in [-0.4, -0.2) is 52.9 Å². The van der Waals surface area contributed by atoms with Crippen LogP contribution in [0.25, 0.3) is 20.3 Å². The molecule has 10 nitrogen and oxygen atoms in total. The summed E-state index contributed by atoms with van der Waals surface area (Å²) in [4.78, 5) is 0. The van der Waals surface area contributed by atoms with Crippen LogP contribution in [0.2, 0.25) is 0 Å². The van der Waals surface area contributed by atoms with E-state index in [1.807, 2.05) is 84.9 Å². The number of hydrogen-bond donors (Lipinski definition) is 2. The first kappa shape index (κ1) is 118. The average Bonchev–Trinajstić information content (AvgIpc) is 1.15. The molecule has 4 aliphatic rings. The summed E-state index contributed by atoms with van der Waals surface area (Å²) in [6.45, 7) is 8.00. The maximum atomic E-state index is 5.00. The van der Waals surface area contributed by atoms with E-state index in [0.717, 1.165) is 75.6 Å². The normalized spacial score (nSPS) is 12.0.